The van der Waals surface area contributed by atoms with Crippen LogP contribution in [0.25, 0.3) is 11.3 Å². The molecule has 4 heteroatoms. The first-order valence-corrected chi connectivity index (χ1v) is 6.03. The molecule has 0 bridgehead atoms. The second-order valence-corrected chi connectivity index (χ2v) is 4.97. The van der Waals surface area contributed by atoms with Crippen molar-refractivity contribution in [3.8, 4) is 11.3 Å². The lowest BCUT2D eigenvalue weighted by atomic mass is 10.1. The van der Waals surface area contributed by atoms with E-state index in [0.29, 0.717) is 6.54 Å². The molecule has 2 aromatic rings. The summed E-state index contributed by atoms with van der Waals surface area (Å²) in [5, 5.41) is 0.720. The Labute approximate surface area is 105 Å². The van der Waals surface area contributed by atoms with Crippen molar-refractivity contribution in [1.29, 1.82) is 0 Å². The standard InChI is InChI=1S/C13H13ClN2O/c14-10-3-1-9(2-4-10)11-7-17-12(16-11)13(8-15)5-6-13/h1-4,7H,5-6,8,15H2. The molecule has 2 N–H and O–H groups in total. The van der Waals surface area contributed by atoms with Crippen molar-refractivity contribution in [2.45, 2.75) is 18.3 Å². The zero-order valence-electron chi connectivity index (χ0n) is 9.32. The van der Waals surface area contributed by atoms with Crippen LogP contribution < -0.4 is 5.73 Å². The molecule has 3 nitrogen and oxygen atoms in total. The van der Waals surface area contributed by atoms with Gasteiger partial charge < -0.3 is 10.2 Å². The Kier molecular flexibility index (Phi) is 2.45. The highest BCUT2D eigenvalue weighted by Crippen LogP contribution is 2.47. The average Bonchev–Trinajstić information content (AvgIpc) is 3.00. The number of rotatable bonds is 3. The molecule has 0 spiro atoms. The van der Waals surface area contributed by atoms with Crippen molar-refractivity contribution < 1.29 is 4.42 Å². The quantitative estimate of drug-likeness (QED) is 0.909. The topological polar surface area (TPSA) is 52.0 Å². The maximum Gasteiger partial charge on any atom is 0.202 e. The van der Waals surface area contributed by atoms with Crippen molar-refractivity contribution in [3.05, 3.63) is 41.4 Å². The third kappa shape index (κ3) is 1.85. The van der Waals surface area contributed by atoms with Gasteiger partial charge in [0.15, 0.2) is 0 Å². The highest BCUT2D eigenvalue weighted by atomic mass is 35.5. The summed E-state index contributed by atoms with van der Waals surface area (Å²) in [6.07, 6.45) is 3.84. The Bertz CT molecular complexity index is 529. The monoisotopic (exact) mass is 248 g/mol. The predicted molar refractivity (Wildman–Crippen MR) is 66.9 cm³/mol. The number of nitrogens with zero attached hydrogens (tertiary/aromatic N) is 1. The first-order chi connectivity index (χ1) is 8.23. The third-order valence-corrected chi connectivity index (χ3v) is 3.59. The van der Waals surface area contributed by atoms with Crippen LogP contribution in [0.3, 0.4) is 0 Å². The second kappa shape index (κ2) is 3.86. The molecule has 0 atom stereocenters. The summed E-state index contributed by atoms with van der Waals surface area (Å²) in [6, 6.07) is 7.57. The lowest BCUT2D eigenvalue weighted by Gasteiger charge is -2.05. The second-order valence-electron chi connectivity index (χ2n) is 4.53. The summed E-state index contributed by atoms with van der Waals surface area (Å²) in [6.45, 7) is 0.605. The predicted octanol–water partition coefficient (Wildman–Crippen LogP) is 2.99. The number of oxazole rings is 1. The van der Waals surface area contributed by atoms with Crippen LogP contribution in [-0.4, -0.2) is 11.5 Å². The van der Waals surface area contributed by atoms with Gasteiger partial charge in [0, 0.05) is 17.1 Å². The summed E-state index contributed by atoms with van der Waals surface area (Å²) in [5.74, 6) is 0.768. The number of hydrogen-bond acceptors (Lipinski definition) is 3. The fraction of sp³-hybridized carbons (Fsp3) is 0.308. The Morgan fingerprint density at radius 3 is 2.59 bits per heavy atom. The Morgan fingerprint density at radius 1 is 1.29 bits per heavy atom. The molecular weight excluding hydrogens is 236 g/mol. The summed E-state index contributed by atoms with van der Waals surface area (Å²) < 4.78 is 5.54. The van der Waals surface area contributed by atoms with E-state index in [0.717, 1.165) is 35.0 Å². The number of benzene rings is 1. The number of hydrogen-bond donors (Lipinski definition) is 1. The van der Waals surface area contributed by atoms with Crippen LogP contribution in [0.1, 0.15) is 18.7 Å². The van der Waals surface area contributed by atoms with E-state index < -0.39 is 0 Å². The van der Waals surface area contributed by atoms with Crippen LogP contribution >= 0.6 is 11.6 Å². The smallest absolute Gasteiger partial charge is 0.202 e. The van der Waals surface area contributed by atoms with E-state index in [4.69, 9.17) is 21.8 Å². The zero-order chi connectivity index (χ0) is 11.9. The van der Waals surface area contributed by atoms with Gasteiger partial charge in [-0.25, -0.2) is 4.98 Å². The Balaban J connectivity index is 1.92. The van der Waals surface area contributed by atoms with Crippen LogP contribution in [0.5, 0.6) is 0 Å². The van der Waals surface area contributed by atoms with E-state index in [2.05, 4.69) is 4.98 Å². The van der Waals surface area contributed by atoms with E-state index in [1.165, 1.54) is 0 Å². The van der Waals surface area contributed by atoms with Gasteiger partial charge >= 0.3 is 0 Å². The highest BCUT2D eigenvalue weighted by Gasteiger charge is 2.47. The summed E-state index contributed by atoms with van der Waals surface area (Å²) in [4.78, 5) is 4.53. The first-order valence-electron chi connectivity index (χ1n) is 5.65. The maximum atomic E-state index is 5.85. The van der Waals surface area contributed by atoms with E-state index in [9.17, 15) is 0 Å². The summed E-state index contributed by atoms with van der Waals surface area (Å²) in [5.41, 5.74) is 7.61. The van der Waals surface area contributed by atoms with Gasteiger partial charge in [-0.15, -0.1) is 0 Å². The molecule has 1 aromatic carbocycles. The normalized spacial score (nSPS) is 17.1. The van der Waals surface area contributed by atoms with Crippen LogP contribution in [0, 0.1) is 0 Å². The maximum absolute atomic E-state index is 5.85. The van der Waals surface area contributed by atoms with Crippen LogP contribution in [0.4, 0.5) is 0 Å². The number of aromatic nitrogens is 1. The molecule has 0 unspecified atom stereocenters. The summed E-state index contributed by atoms with van der Waals surface area (Å²) in [7, 11) is 0. The molecule has 3 rings (SSSR count). The highest BCUT2D eigenvalue weighted by molar-refractivity contribution is 6.30. The SMILES string of the molecule is NCC1(c2nc(-c3ccc(Cl)cc3)co2)CC1. The molecular formula is C13H13ClN2O. The largest absolute Gasteiger partial charge is 0.448 e. The third-order valence-electron chi connectivity index (χ3n) is 3.34. The molecule has 1 aromatic heterocycles. The minimum atomic E-state index is 0.00464. The fourth-order valence-electron chi connectivity index (χ4n) is 1.93. The van der Waals surface area contributed by atoms with Crippen LogP contribution in [0.2, 0.25) is 5.02 Å². The molecule has 0 aliphatic heterocycles. The Morgan fingerprint density at radius 2 is 2.00 bits per heavy atom. The number of halogens is 1. The van der Waals surface area contributed by atoms with E-state index in [-0.39, 0.29) is 5.41 Å². The fourth-order valence-corrected chi connectivity index (χ4v) is 2.05. The minimum absolute atomic E-state index is 0.00464. The van der Waals surface area contributed by atoms with Gasteiger partial charge in [-0.3, -0.25) is 0 Å². The molecule has 0 amide bonds. The van der Waals surface area contributed by atoms with Gasteiger partial charge in [0.2, 0.25) is 5.89 Å². The molecule has 1 fully saturated rings. The van der Waals surface area contributed by atoms with Crippen LogP contribution in [-0.2, 0) is 5.41 Å². The molecule has 1 heterocycles. The minimum Gasteiger partial charge on any atom is -0.448 e. The average molecular weight is 249 g/mol. The van der Waals surface area contributed by atoms with Crippen molar-refractivity contribution in [1.82, 2.24) is 4.98 Å². The zero-order valence-corrected chi connectivity index (χ0v) is 10.1. The van der Waals surface area contributed by atoms with Gasteiger partial charge in [0.1, 0.15) is 12.0 Å². The van der Waals surface area contributed by atoms with Crippen LogP contribution in [0.15, 0.2) is 34.9 Å². The van der Waals surface area contributed by atoms with Crippen molar-refractivity contribution in [2.75, 3.05) is 6.54 Å². The Hall–Kier alpha value is -1.32. The number of nitrogens with two attached hydrogens (primary N) is 1. The molecule has 17 heavy (non-hydrogen) atoms. The lowest BCUT2D eigenvalue weighted by molar-refractivity contribution is 0.437. The van der Waals surface area contributed by atoms with Gasteiger partial charge in [-0.05, 0) is 25.0 Å². The van der Waals surface area contributed by atoms with Gasteiger partial charge in [0.05, 0.1) is 5.41 Å². The van der Waals surface area contributed by atoms with Crippen molar-refractivity contribution in [2.24, 2.45) is 5.73 Å². The summed E-state index contributed by atoms with van der Waals surface area (Å²) >= 11 is 5.85. The first kappa shape index (κ1) is 10.8. The van der Waals surface area contributed by atoms with E-state index in [1.54, 1.807) is 6.26 Å². The molecule has 1 saturated carbocycles. The van der Waals surface area contributed by atoms with E-state index >= 15 is 0 Å². The lowest BCUT2D eigenvalue weighted by Crippen LogP contribution is -2.19. The molecule has 1 aliphatic carbocycles. The van der Waals surface area contributed by atoms with Gasteiger partial charge in [-0.2, -0.15) is 0 Å². The van der Waals surface area contributed by atoms with Gasteiger partial charge in [0.25, 0.3) is 0 Å². The molecule has 0 saturated heterocycles. The molecule has 1 aliphatic rings. The van der Waals surface area contributed by atoms with Gasteiger partial charge in [-0.1, -0.05) is 23.7 Å². The molecule has 88 valence electrons. The van der Waals surface area contributed by atoms with Crippen molar-refractivity contribution in [3.63, 3.8) is 0 Å². The van der Waals surface area contributed by atoms with Crippen molar-refractivity contribution >= 4 is 11.6 Å². The molecule has 0 radical (unpaired) electrons. The van der Waals surface area contributed by atoms with E-state index in [1.807, 2.05) is 24.3 Å².